The van der Waals surface area contributed by atoms with Gasteiger partial charge in [-0.15, -0.1) is 0 Å². The van der Waals surface area contributed by atoms with E-state index in [0.29, 0.717) is 6.61 Å². The van der Waals surface area contributed by atoms with Gasteiger partial charge in [0, 0.05) is 6.54 Å². The number of nitrogens with zero attached hydrogens (tertiary/aromatic N) is 1. The highest BCUT2D eigenvalue weighted by molar-refractivity contribution is 5.84. The Hall–Kier alpha value is -1.35. The Bertz CT molecular complexity index is 412. The summed E-state index contributed by atoms with van der Waals surface area (Å²) in [6.07, 6.45) is -0.165. The van der Waals surface area contributed by atoms with Gasteiger partial charge in [-0.05, 0) is 18.1 Å². The number of carbonyl (C=O) groups is 1. The Morgan fingerprint density at radius 3 is 2.87 bits per heavy atom. The van der Waals surface area contributed by atoms with E-state index in [-0.39, 0.29) is 18.1 Å². The van der Waals surface area contributed by atoms with E-state index in [9.17, 15) is 4.79 Å². The van der Waals surface area contributed by atoms with Crippen LogP contribution in [0.1, 0.15) is 24.1 Å². The van der Waals surface area contributed by atoms with Crippen molar-refractivity contribution in [1.29, 1.82) is 0 Å². The van der Waals surface area contributed by atoms with Crippen LogP contribution in [-0.4, -0.2) is 23.5 Å². The van der Waals surface area contributed by atoms with Gasteiger partial charge >= 0.3 is 0 Å². The third-order valence-corrected chi connectivity index (χ3v) is 3.21. The molecule has 1 saturated heterocycles. The van der Waals surface area contributed by atoms with Crippen molar-refractivity contribution in [3.63, 3.8) is 0 Å². The van der Waals surface area contributed by atoms with Crippen molar-refractivity contribution in [2.45, 2.75) is 25.6 Å². The molecule has 3 heteroatoms. The first-order valence-electron chi connectivity index (χ1n) is 5.27. The summed E-state index contributed by atoms with van der Waals surface area (Å²) in [4.78, 5) is 13.8. The summed E-state index contributed by atoms with van der Waals surface area (Å²) in [5.74, 6) is 0.138. The Kier molecular flexibility index (Phi) is 1.83. The van der Waals surface area contributed by atoms with E-state index in [2.05, 4.69) is 19.1 Å². The van der Waals surface area contributed by atoms with Gasteiger partial charge in [0.1, 0.15) is 0 Å². The first-order valence-corrected chi connectivity index (χ1v) is 5.27. The molecule has 3 rings (SSSR count). The number of hydrogen-bond donors (Lipinski definition) is 0. The molecular weight excluding hydrogens is 190 g/mol. The van der Waals surface area contributed by atoms with Crippen LogP contribution in [0, 0.1) is 0 Å². The predicted molar refractivity (Wildman–Crippen MR) is 55.1 cm³/mol. The van der Waals surface area contributed by atoms with Gasteiger partial charge in [-0.2, -0.15) is 0 Å². The molecule has 0 bridgehead atoms. The summed E-state index contributed by atoms with van der Waals surface area (Å²) < 4.78 is 5.04. The Labute approximate surface area is 88.6 Å². The number of rotatable bonds is 1. The van der Waals surface area contributed by atoms with Gasteiger partial charge in [-0.25, -0.2) is 0 Å². The molecule has 1 fully saturated rings. The van der Waals surface area contributed by atoms with E-state index >= 15 is 0 Å². The maximum absolute atomic E-state index is 11.9. The number of benzene rings is 1. The van der Waals surface area contributed by atoms with E-state index in [1.54, 1.807) is 0 Å². The minimum atomic E-state index is -0.165. The van der Waals surface area contributed by atoms with Crippen LogP contribution in [-0.2, 0) is 16.1 Å². The SMILES string of the molecule is CC1c2ccccc2CN1C(=O)C1CO1. The van der Waals surface area contributed by atoms with Crippen molar-refractivity contribution < 1.29 is 9.53 Å². The Morgan fingerprint density at radius 2 is 2.20 bits per heavy atom. The van der Waals surface area contributed by atoms with Crippen molar-refractivity contribution in [1.82, 2.24) is 4.90 Å². The number of amides is 1. The highest BCUT2D eigenvalue weighted by Gasteiger charge is 2.39. The maximum atomic E-state index is 11.9. The molecule has 0 radical (unpaired) electrons. The number of ether oxygens (including phenoxy) is 1. The molecule has 0 aromatic heterocycles. The summed E-state index contributed by atoms with van der Waals surface area (Å²) in [5, 5.41) is 0. The molecule has 0 N–H and O–H groups in total. The lowest BCUT2D eigenvalue weighted by atomic mass is 10.1. The largest absolute Gasteiger partial charge is 0.363 e. The summed E-state index contributed by atoms with van der Waals surface area (Å²) in [5.41, 5.74) is 2.53. The second kappa shape index (κ2) is 3.07. The molecule has 0 aliphatic carbocycles. The lowest BCUT2D eigenvalue weighted by Gasteiger charge is -2.20. The maximum Gasteiger partial charge on any atom is 0.254 e. The highest BCUT2D eigenvalue weighted by Crippen LogP contribution is 2.34. The second-order valence-electron chi connectivity index (χ2n) is 4.16. The Balaban J connectivity index is 1.89. The molecule has 78 valence electrons. The molecule has 0 spiro atoms. The first-order chi connectivity index (χ1) is 7.27. The summed E-state index contributed by atoms with van der Waals surface area (Å²) in [6, 6.07) is 8.43. The number of epoxide rings is 1. The van der Waals surface area contributed by atoms with Gasteiger partial charge in [-0.3, -0.25) is 4.79 Å². The van der Waals surface area contributed by atoms with Gasteiger partial charge in [0.15, 0.2) is 6.10 Å². The molecule has 2 heterocycles. The molecule has 2 atom stereocenters. The zero-order valence-corrected chi connectivity index (χ0v) is 8.64. The van der Waals surface area contributed by atoms with Crippen LogP contribution >= 0.6 is 0 Å². The van der Waals surface area contributed by atoms with Gasteiger partial charge < -0.3 is 9.64 Å². The van der Waals surface area contributed by atoms with Crippen LogP contribution in [0.4, 0.5) is 0 Å². The van der Waals surface area contributed by atoms with Crippen molar-refractivity contribution in [2.75, 3.05) is 6.61 Å². The monoisotopic (exact) mass is 203 g/mol. The third-order valence-electron chi connectivity index (χ3n) is 3.21. The molecule has 1 amide bonds. The zero-order valence-electron chi connectivity index (χ0n) is 8.64. The van der Waals surface area contributed by atoms with E-state index in [4.69, 9.17) is 4.74 Å². The van der Waals surface area contributed by atoms with Crippen LogP contribution in [0.15, 0.2) is 24.3 Å². The van der Waals surface area contributed by atoms with E-state index < -0.39 is 0 Å². The second-order valence-corrected chi connectivity index (χ2v) is 4.16. The fourth-order valence-electron chi connectivity index (χ4n) is 2.22. The predicted octanol–water partition coefficient (Wildman–Crippen LogP) is 1.49. The average molecular weight is 203 g/mol. The van der Waals surface area contributed by atoms with Gasteiger partial charge in [0.2, 0.25) is 0 Å². The van der Waals surface area contributed by atoms with Crippen molar-refractivity contribution >= 4 is 5.91 Å². The number of carbonyl (C=O) groups excluding carboxylic acids is 1. The fraction of sp³-hybridized carbons (Fsp3) is 0.417. The molecule has 1 aromatic carbocycles. The normalized spacial score (nSPS) is 27.7. The molecule has 15 heavy (non-hydrogen) atoms. The molecule has 1 aromatic rings. The van der Waals surface area contributed by atoms with E-state index in [0.717, 1.165) is 6.54 Å². The van der Waals surface area contributed by atoms with Crippen molar-refractivity contribution in [3.05, 3.63) is 35.4 Å². The highest BCUT2D eigenvalue weighted by atomic mass is 16.6. The molecular formula is C12H13NO2. The lowest BCUT2D eigenvalue weighted by Crippen LogP contribution is -2.31. The smallest absolute Gasteiger partial charge is 0.254 e. The van der Waals surface area contributed by atoms with Crippen molar-refractivity contribution in [2.24, 2.45) is 0 Å². The summed E-state index contributed by atoms with van der Waals surface area (Å²) in [7, 11) is 0. The quantitative estimate of drug-likeness (QED) is 0.648. The summed E-state index contributed by atoms with van der Waals surface area (Å²) >= 11 is 0. The van der Waals surface area contributed by atoms with E-state index in [1.165, 1.54) is 11.1 Å². The fourth-order valence-corrected chi connectivity index (χ4v) is 2.22. The zero-order chi connectivity index (χ0) is 10.4. The van der Waals surface area contributed by atoms with E-state index in [1.807, 2.05) is 17.0 Å². The first kappa shape index (κ1) is 8.92. The third kappa shape index (κ3) is 1.35. The van der Waals surface area contributed by atoms with Crippen molar-refractivity contribution in [3.8, 4) is 0 Å². The van der Waals surface area contributed by atoms with Crippen LogP contribution < -0.4 is 0 Å². The van der Waals surface area contributed by atoms with Gasteiger partial charge in [0.25, 0.3) is 5.91 Å². The molecule has 2 aliphatic rings. The van der Waals surface area contributed by atoms with Crippen LogP contribution in [0.3, 0.4) is 0 Å². The molecule has 0 saturated carbocycles. The molecule has 2 unspecified atom stereocenters. The number of fused-ring (bicyclic) bond motifs is 1. The average Bonchev–Trinajstić information content (AvgIpc) is 3.04. The standard InChI is InChI=1S/C12H13NO2/c1-8-10-5-3-2-4-9(10)6-13(8)12(14)11-7-15-11/h2-5,8,11H,6-7H2,1H3. The molecule has 2 aliphatic heterocycles. The van der Waals surface area contributed by atoms with Gasteiger partial charge in [0.05, 0.1) is 12.6 Å². The topological polar surface area (TPSA) is 32.8 Å². The summed E-state index contributed by atoms with van der Waals surface area (Å²) in [6.45, 7) is 3.40. The minimum Gasteiger partial charge on any atom is -0.363 e. The van der Waals surface area contributed by atoms with Crippen LogP contribution in [0.2, 0.25) is 0 Å². The molecule has 3 nitrogen and oxygen atoms in total. The lowest BCUT2D eigenvalue weighted by molar-refractivity contribution is -0.134. The van der Waals surface area contributed by atoms with Gasteiger partial charge in [-0.1, -0.05) is 24.3 Å². The number of hydrogen-bond acceptors (Lipinski definition) is 2. The Morgan fingerprint density at radius 1 is 1.47 bits per heavy atom. The van der Waals surface area contributed by atoms with Crippen LogP contribution in [0.25, 0.3) is 0 Å². The van der Waals surface area contributed by atoms with Crippen LogP contribution in [0.5, 0.6) is 0 Å². The minimum absolute atomic E-state index is 0.138.